The molecule has 24 heavy (non-hydrogen) atoms. The number of carboxylic acids is 1. The summed E-state index contributed by atoms with van der Waals surface area (Å²) in [5.41, 5.74) is 0.638. The van der Waals surface area contributed by atoms with Gasteiger partial charge in [0.25, 0.3) is 0 Å². The van der Waals surface area contributed by atoms with Gasteiger partial charge in [-0.2, -0.15) is 0 Å². The van der Waals surface area contributed by atoms with Crippen LogP contribution in [-0.4, -0.2) is 36.4 Å². The van der Waals surface area contributed by atoms with Gasteiger partial charge in [0, 0.05) is 0 Å². The van der Waals surface area contributed by atoms with E-state index >= 15 is 0 Å². The Morgan fingerprint density at radius 2 is 1.79 bits per heavy atom. The molecular weight excluding hydrogens is 330 g/mol. The van der Waals surface area contributed by atoms with Crippen LogP contribution in [0.2, 0.25) is 0 Å². The van der Waals surface area contributed by atoms with E-state index in [4.69, 9.17) is 0 Å². The minimum absolute atomic E-state index is 0.449. The van der Waals surface area contributed by atoms with Crippen molar-refractivity contribution in [2.75, 3.05) is 5.75 Å². The Hall–Kier alpha value is -1.89. The minimum atomic E-state index is -3.49. The average Bonchev–Trinajstić information content (AvgIpc) is 3.07. The highest BCUT2D eigenvalue weighted by Crippen LogP contribution is 2.26. The van der Waals surface area contributed by atoms with Crippen molar-refractivity contribution in [1.82, 2.24) is 5.32 Å². The molecule has 0 heterocycles. The molecule has 0 bridgehead atoms. The van der Waals surface area contributed by atoms with Crippen LogP contribution in [0.1, 0.15) is 44.2 Å². The molecule has 7 heteroatoms. The van der Waals surface area contributed by atoms with E-state index in [0.29, 0.717) is 18.4 Å². The van der Waals surface area contributed by atoms with Crippen LogP contribution in [0.3, 0.4) is 0 Å². The van der Waals surface area contributed by atoms with Gasteiger partial charge in [-0.25, -0.2) is 8.42 Å². The first-order chi connectivity index (χ1) is 11.3. The normalized spacial score (nSPS) is 18.0. The molecule has 132 valence electrons. The highest BCUT2D eigenvalue weighted by molar-refractivity contribution is 7.92. The van der Waals surface area contributed by atoms with Gasteiger partial charge in [-0.3, -0.25) is 9.59 Å². The Balaban J connectivity index is 2.11. The number of benzene rings is 1. The lowest BCUT2D eigenvalue weighted by molar-refractivity contribution is -0.142. The molecule has 1 aromatic carbocycles. The fraction of sp³-hybridized carbons (Fsp3) is 0.529. The van der Waals surface area contributed by atoms with Gasteiger partial charge < -0.3 is 10.4 Å². The van der Waals surface area contributed by atoms with E-state index in [1.165, 1.54) is 6.92 Å². The maximum atomic E-state index is 12.3. The molecule has 1 aliphatic rings. The maximum Gasteiger partial charge on any atom is 0.308 e. The van der Waals surface area contributed by atoms with E-state index in [9.17, 15) is 23.1 Å². The average molecular weight is 353 g/mol. The molecule has 2 unspecified atom stereocenters. The van der Waals surface area contributed by atoms with E-state index in [2.05, 4.69) is 5.32 Å². The molecule has 1 saturated carbocycles. The lowest BCUT2D eigenvalue weighted by Crippen LogP contribution is -2.40. The Labute approximate surface area is 142 Å². The molecule has 0 spiro atoms. The third-order valence-corrected chi connectivity index (χ3v) is 6.66. The zero-order valence-electron chi connectivity index (χ0n) is 13.6. The van der Waals surface area contributed by atoms with Gasteiger partial charge in [-0.05, 0) is 25.3 Å². The predicted octanol–water partition coefficient (Wildman–Crippen LogP) is 1.92. The largest absolute Gasteiger partial charge is 0.481 e. The van der Waals surface area contributed by atoms with Crippen LogP contribution in [-0.2, 0) is 19.4 Å². The number of carboxylic acid groups (broad SMARTS) is 1. The van der Waals surface area contributed by atoms with Crippen molar-refractivity contribution in [1.29, 1.82) is 0 Å². The van der Waals surface area contributed by atoms with Crippen molar-refractivity contribution in [3.05, 3.63) is 35.9 Å². The summed E-state index contributed by atoms with van der Waals surface area (Å²) in [5.74, 6) is -3.16. The number of nitrogens with one attached hydrogen (secondary N) is 1. The number of carbonyl (C=O) groups is 2. The lowest BCUT2D eigenvalue weighted by atomic mass is 9.94. The Bertz CT molecular complexity index is 680. The van der Waals surface area contributed by atoms with E-state index in [-0.39, 0.29) is 0 Å². The smallest absolute Gasteiger partial charge is 0.308 e. The van der Waals surface area contributed by atoms with Crippen LogP contribution in [0.25, 0.3) is 0 Å². The first kappa shape index (κ1) is 18.4. The molecule has 2 atom stereocenters. The van der Waals surface area contributed by atoms with Crippen molar-refractivity contribution in [3.63, 3.8) is 0 Å². The van der Waals surface area contributed by atoms with Crippen molar-refractivity contribution in [2.45, 2.75) is 43.9 Å². The fourth-order valence-electron chi connectivity index (χ4n) is 3.06. The predicted molar refractivity (Wildman–Crippen MR) is 90.2 cm³/mol. The second-order valence-electron chi connectivity index (χ2n) is 6.30. The molecule has 1 aromatic rings. The molecule has 1 aliphatic carbocycles. The summed E-state index contributed by atoms with van der Waals surface area (Å²) in [6.45, 7) is 1.49. The molecule has 0 saturated heterocycles. The van der Waals surface area contributed by atoms with Gasteiger partial charge in [0.1, 0.15) is 5.75 Å². The first-order valence-electron chi connectivity index (χ1n) is 8.10. The highest BCUT2D eigenvalue weighted by atomic mass is 32.2. The molecule has 0 aliphatic heterocycles. The topological polar surface area (TPSA) is 101 Å². The summed E-state index contributed by atoms with van der Waals surface area (Å²) in [4.78, 5) is 23.6. The summed E-state index contributed by atoms with van der Waals surface area (Å²) in [6, 6.07) is 7.95. The molecule has 0 radical (unpaired) electrons. The van der Waals surface area contributed by atoms with Crippen LogP contribution in [0.5, 0.6) is 0 Å². The second-order valence-corrected chi connectivity index (χ2v) is 8.58. The summed E-state index contributed by atoms with van der Waals surface area (Å²) in [5, 5.41) is 11.4. The Morgan fingerprint density at radius 1 is 1.21 bits per heavy atom. The molecular formula is C17H23NO5S. The van der Waals surface area contributed by atoms with E-state index in [1.54, 1.807) is 30.3 Å². The zero-order chi connectivity index (χ0) is 17.7. The molecule has 1 fully saturated rings. The molecule has 0 aromatic heterocycles. The summed E-state index contributed by atoms with van der Waals surface area (Å²) >= 11 is 0. The molecule has 2 N–H and O–H groups in total. The van der Waals surface area contributed by atoms with E-state index < -0.39 is 44.7 Å². The SMILES string of the molecule is CC(C(=O)O)C(NC(=O)CS(=O)(=O)C1CCCC1)c1ccccc1. The minimum Gasteiger partial charge on any atom is -0.481 e. The van der Waals surface area contributed by atoms with Crippen molar-refractivity contribution < 1.29 is 23.1 Å². The third kappa shape index (κ3) is 4.56. The molecule has 6 nitrogen and oxygen atoms in total. The van der Waals surface area contributed by atoms with Crippen LogP contribution in [0.4, 0.5) is 0 Å². The van der Waals surface area contributed by atoms with Gasteiger partial charge in [0.05, 0.1) is 17.2 Å². The van der Waals surface area contributed by atoms with Gasteiger partial charge in [0.15, 0.2) is 9.84 Å². The van der Waals surface area contributed by atoms with Crippen LogP contribution >= 0.6 is 0 Å². The molecule has 1 amide bonds. The van der Waals surface area contributed by atoms with Gasteiger partial charge in [-0.1, -0.05) is 43.2 Å². The van der Waals surface area contributed by atoms with Crippen LogP contribution < -0.4 is 5.32 Å². The van der Waals surface area contributed by atoms with Gasteiger partial charge >= 0.3 is 5.97 Å². The summed E-state index contributed by atoms with van der Waals surface area (Å²) in [7, 11) is -3.49. The number of hydrogen-bond acceptors (Lipinski definition) is 4. The van der Waals surface area contributed by atoms with E-state index in [0.717, 1.165) is 12.8 Å². The second kappa shape index (κ2) is 7.79. The van der Waals surface area contributed by atoms with Crippen molar-refractivity contribution >= 4 is 21.7 Å². The van der Waals surface area contributed by atoms with Crippen molar-refractivity contribution in [3.8, 4) is 0 Å². The Morgan fingerprint density at radius 3 is 2.33 bits per heavy atom. The number of carbonyl (C=O) groups excluding carboxylic acids is 1. The lowest BCUT2D eigenvalue weighted by Gasteiger charge is -2.23. The maximum absolute atomic E-state index is 12.3. The van der Waals surface area contributed by atoms with E-state index in [1.807, 2.05) is 0 Å². The van der Waals surface area contributed by atoms with Crippen LogP contribution in [0.15, 0.2) is 30.3 Å². The third-order valence-electron chi connectivity index (χ3n) is 4.51. The molecule has 2 rings (SSSR count). The first-order valence-corrected chi connectivity index (χ1v) is 9.81. The quantitative estimate of drug-likeness (QED) is 0.780. The summed E-state index contributed by atoms with van der Waals surface area (Å²) in [6.07, 6.45) is 2.94. The number of rotatable bonds is 7. The number of hydrogen-bond donors (Lipinski definition) is 2. The highest BCUT2D eigenvalue weighted by Gasteiger charge is 2.33. The Kier molecular flexibility index (Phi) is 5.99. The monoisotopic (exact) mass is 353 g/mol. The van der Waals surface area contributed by atoms with Gasteiger partial charge in [-0.15, -0.1) is 0 Å². The number of aliphatic carboxylic acids is 1. The van der Waals surface area contributed by atoms with Crippen LogP contribution in [0, 0.1) is 5.92 Å². The van der Waals surface area contributed by atoms with Crippen molar-refractivity contribution in [2.24, 2.45) is 5.92 Å². The fourth-order valence-corrected chi connectivity index (χ4v) is 4.80. The number of sulfone groups is 1. The number of amides is 1. The zero-order valence-corrected chi connectivity index (χ0v) is 14.5. The van der Waals surface area contributed by atoms with Gasteiger partial charge in [0.2, 0.25) is 5.91 Å². The summed E-state index contributed by atoms with van der Waals surface area (Å²) < 4.78 is 24.6. The standard InChI is InChI=1S/C17H23NO5S/c1-12(17(20)21)16(13-7-3-2-4-8-13)18-15(19)11-24(22,23)14-9-5-6-10-14/h2-4,7-8,12,14,16H,5-6,9-11H2,1H3,(H,18,19)(H,20,21).